The van der Waals surface area contributed by atoms with Gasteiger partial charge in [0.2, 0.25) is 0 Å². The maximum absolute atomic E-state index is 9.71. The number of hydrogen-bond acceptors (Lipinski definition) is 5. The molecule has 110 valence electrons. The van der Waals surface area contributed by atoms with Crippen LogP contribution in [-0.2, 0) is 11.3 Å². The van der Waals surface area contributed by atoms with E-state index >= 15 is 0 Å². The highest BCUT2D eigenvalue weighted by Gasteiger charge is 2.08. The Balaban J connectivity index is 2.00. The minimum absolute atomic E-state index is 0.311. The third-order valence-corrected chi connectivity index (χ3v) is 3.49. The lowest BCUT2D eigenvalue weighted by atomic mass is 10.1. The summed E-state index contributed by atoms with van der Waals surface area (Å²) in [4.78, 5) is 1.16. The minimum atomic E-state index is -0.536. The maximum atomic E-state index is 9.71. The minimum Gasteiger partial charge on any atom is -0.392 e. The Morgan fingerprint density at radius 2 is 2.00 bits per heavy atom. The van der Waals surface area contributed by atoms with E-state index in [1.807, 2.05) is 17.5 Å². The number of hydrogen-bond donors (Lipinski definition) is 3. The number of aliphatic hydroxyl groups excluding tert-OH is 2. The molecule has 2 unspecified atom stereocenters. The van der Waals surface area contributed by atoms with E-state index in [1.54, 1.807) is 11.3 Å². The van der Waals surface area contributed by atoms with Gasteiger partial charge < -0.3 is 20.3 Å². The van der Waals surface area contributed by atoms with E-state index in [2.05, 4.69) is 19.2 Å². The van der Waals surface area contributed by atoms with Crippen LogP contribution in [0.2, 0.25) is 0 Å². The van der Waals surface area contributed by atoms with Crippen molar-refractivity contribution in [2.45, 2.75) is 39.1 Å². The van der Waals surface area contributed by atoms with E-state index in [-0.39, 0.29) is 6.10 Å². The van der Waals surface area contributed by atoms with Gasteiger partial charge in [0, 0.05) is 18.0 Å². The van der Waals surface area contributed by atoms with Gasteiger partial charge in [-0.1, -0.05) is 19.9 Å². The molecular formula is C14H25NO3S. The summed E-state index contributed by atoms with van der Waals surface area (Å²) in [6, 6.07) is 4.00. The molecule has 0 aromatic carbocycles. The normalized spacial score (nSPS) is 14.8. The molecule has 5 heteroatoms. The summed E-state index contributed by atoms with van der Waals surface area (Å²) in [5, 5.41) is 24.4. The van der Waals surface area contributed by atoms with Crippen molar-refractivity contribution in [3.8, 4) is 0 Å². The van der Waals surface area contributed by atoms with E-state index in [4.69, 9.17) is 4.74 Å². The summed E-state index contributed by atoms with van der Waals surface area (Å²) in [6.45, 7) is 5.97. The highest BCUT2D eigenvalue weighted by atomic mass is 32.1. The monoisotopic (exact) mass is 287 g/mol. The molecule has 1 aromatic heterocycles. The molecule has 19 heavy (non-hydrogen) atoms. The third-order valence-electron chi connectivity index (χ3n) is 2.64. The van der Waals surface area contributed by atoms with Crippen molar-refractivity contribution in [3.63, 3.8) is 0 Å². The Labute approximate surface area is 119 Å². The van der Waals surface area contributed by atoms with Gasteiger partial charge in [0.05, 0.1) is 25.4 Å². The zero-order chi connectivity index (χ0) is 14.1. The SMILES string of the molecule is CC(C)CC(O)CNCC(O)COCc1cccs1. The Bertz CT molecular complexity index is 317. The summed E-state index contributed by atoms with van der Waals surface area (Å²) in [5.41, 5.74) is 0. The maximum Gasteiger partial charge on any atom is 0.0897 e. The molecule has 0 spiro atoms. The van der Waals surface area contributed by atoms with Crippen molar-refractivity contribution in [1.29, 1.82) is 0 Å². The first-order chi connectivity index (χ1) is 9.08. The standard InChI is InChI=1S/C14H25NO3S/c1-11(2)6-12(16)7-15-8-13(17)9-18-10-14-4-3-5-19-14/h3-5,11-13,15-17H,6-10H2,1-2H3. The summed E-state index contributed by atoms with van der Waals surface area (Å²) >= 11 is 1.65. The van der Waals surface area contributed by atoms with Crippen LogP contribution in [0.5, 0.6) is 0 Å². The van der Waals surface area contributed by atoms with Gasteiger partial charge in [-0.3, -0.25) is 0 Å². The van der Waals surface area contributed by atoms with Gasteiger partial charge in [0.15, 0.2) is 0 Å². The molecule has 0 aliphatic heterocycles. The van der Waals surface area contributed by atoms with Gasteiger partial charge in [0.1, 0.15) is 0 Å². The van der Waals surface area contributed by atoms with Crippen molar-refractivity contribution in [2.24, 2.45) is 5.92 Å². The van der Waals surface area contributed by atoms with Crippen LogP contribution in [0.15, 0.2) is 17.5 Å². The number of thiophene rings is 1. The van der Waals surface area contributed by atoms with Crippen molar-refractivity contribution in [3.05, 3.63) is 22.4 Å². The van der Waals surface area contributed by atoms with E-state index in [9.17, 15) is 10.2 Å². The van der Waals surface area contributed by atoms with Crippen molar-refractivity contribution >= 4 is 11.3 Å². The molecule has 0 bridgehead atoms. The average molecular weight is 287 g/mol. The Morgan fingerprint density at radius 3 is 2.63 bits per heavy atom. The van der Waals surface area contributed by atoms with Crippen LogP contribution < -0.4 is 5.32 Å². The predicted octanol–water partition coefficient (Wildman–Crippen LogP) is 1.62. The molecule has 2 atom stereocenters. The van der Waals surface area contributed by atoms with Crippen molar-refractivity contribution in [1.82, 2.24) is 5.32 Å². The lowest BCUT2D eigenvalue weighted by molar-refractivity contribution is 0.0280. The van der Waals surface area contributed by atoms with Crippen LogP contribution in [0.3, 0.4) is 0 Å². The van der Waals surface area contributed by atoms with Crippen LogP contribution in [-0.4, -0.2) is 42.1 Å². The summed E-state index contributed by atoms with van der Waals surface area (Å²) in [6.07, 6.45) is -0.108. The lowest BCUT2D eigenvalue weighted by Crippen LogP contribution is -2.35. The quantitative estimate of drug-likeness (QED) is 0.612. The van der Waals surface area contributed by atoms with Crippen LogP contribution in [0, 0.1) is 5.92 Å². The summed E-state index contributed by atoms with van der Waals surface area (Å²) < 4.78 is 5.42. The molecule has 0 aliphatic rings. The van der Waals surface area contributed by atoms with Gasteiger partial charge >= 0.3 is 0 Å². The second-order valence-electron chi connectivity index (χ2n) is 5.19. The third kappa shape index (κ3) is 8.34. The van der Waals surface area contributed by atoms with E-state index < -0.39 is 6.10 Å². The molecule has 1 rings (SSSR count). The average Bonchev–Trinajstić information content (AvgIpc) is 2.81. The predicted molar refractivity (Wildman–Crippen MR) is 78.3 cm³/mol. The second-order valence-corrected chi connectivity index (χ2v) is 6.22. The molecule has 1 aromatic rings. The summed E-state index contributed by atoms with van der Waals surface area (Å²) in [7, 11) is 0. The second kappa shape index (κ2) is 9.44. The molecule has 1 heterocycles. The fourth-order valence-electron chi connectivity index (χ4n) is 1.79. The molecule has 0 radical (unpaired) electrons. The highest BCUT2D eigenvalue weighted by Crippen LogP contribution is 2.09. The van der Waals surface area contributed by atoms with Crippen molar-refractivity contribution < 1.29 is 14.9 Å². The molecular weight excluding hydrogens is 262 g/mol. The molecule has 0 amide bonds. The number of ether oxygens (including phenoxy) is 1. The lowest BCUT2D eigenvalue weighted by Gasteiger charge is -2.16. The van der Waals surface area contributed by atoms with Crippen molar-refractivity contribution in [2.75, 3.05) is 19.7 Å². The highest BCUT2D eigenvalue weighted by molar-refractivity contribution is 7.09. The summed E-state index contributed by atoms with van der Waals surface area (Å²) in [5.74, 6) is 0.482. The van der Waals surface area contributed by atoms with Gasteiger partial charge in [-0.05, 0) is 23.8 Å². The molecule has 0 aliphatic carbocycles. The Hall–Kier alpha value is -0.460. The van der Waals surface area contributed by atoms with E-state index in [1.165, 1.54) is 0 Å². The molecule has 0 saturated carbocycles. The van der Waals surface area contributed by atoms with Gasteiger partial charge in [0.25, 0.3) is 0 Å². The molecule has 0 saturated heterocycles. The van der Waals surface area contributed by atoms with Crippen LogP contribution in [0.1, 0.15) is 25.1 Å². The molecule has 0 fully saturated rings. The first-order valence-corrected chi connectivity index (χ1v) is 7.63. The zero-order valence-electron chi connectivity index (χ0n) is 11.7. The van der Waals surface area contributed by atoms with Gasteiger partial charge in [-0.25, -0.2) is 0 Å². The zero-order valence-corrected chi connectivity index (χ0v) is 12.5. The number of aliphatic hydroxyl groups is 2. The van der Waals surface area contributed by atoms with Crippen LogP contribution in [0.25, 0.3) is 0 Å². The fourth-order valence-corrected chi connectivity index (χ4v) is 2.43. The topological polar surface area (TPSA) is 61.7 Å². The molecule has 3 N–H and O–H groups in total. The largest absolute Gasteiger partial charge is 0.392 e. The van der Waals surface area contributed by atoms with E-state index in [0.717, 1.165) is 11.3 Å². The smallest absolute Gasteiger partial charge is 0.0897 e. The van der Waals surface area contributed by atoms with Gasteiger partial charge in [-0.2, -0.15) is 0 Å². The number of nitrogens with one attached hydrogen (secondary N) is 1. The Kier molecular flexibility index (Phi) is 8.25. The van der Waals surface area contributed by atoms with Crippen LogP contribution in [0.4, 0.5) is 0 Å². The fraction of sp³-hybridized carbons (Fsp3) is 0.714. The van der Waals surface area contributed by atoms with E-state index in [0.29, 0.717) is 32.2 Å². The van der Waals surface area contributed by atoms with Crippen LogP contribution >= 0.6 is 11.3 Å². The molecule has 4 nitrogen and oxygen atoms in total. The first kappa shape index (κ1) is 16.6. The Morgan fingerprint density at radius 1 is 1.26 bits per heavy atom. The van der Waals surface area contributed by atoms with Gasteiger partial charge in [-0.15, -0.1) is 11.3 Å². The first-order valence-electron chi connectivity index (χ1n) is 6.75. The number of rotatable bonds is 10.